The van der Waals surface area contributed by atoms with E-state index in [-0.39, 0.29) is 11.9 Å². The molecule has 1 amide bonds. The van der Waals surface area contributed by atoms with Crippen molar-refractivity contribution in [3.05, 3.63) is 22.7 Å². The molecule has 0 radical (unpaired) electrons. The minimum Gasteiger partial charge on any atom is -0.347 e. The zero-order valence-electron chi connectivity index (χ0n) is 12.4. The Morgan fingerprint density at radius 1 is 1.48 bits per heavy atom. The normalized spacial score (nSPS) is 19.6. The van der Waals surface area contributed by atoms with Gasteiger partial charge in [0.15, 0.2) is 0 Å². The van der Waals surface area contributed by atoms with Crippen LogP contribution in [0.3, 0.4) is 0 Å². The average molecular weight is 356 g/mol. The van der Waals surface area contributed by atoms with E-state index in [1.165, 1.54) is 32.9 Å². The first kappa shape index (κ1) is 16.0. The fourth-order valence-electron chi connectivity index (χ4n) is 2.54. The summed E-state index contributed by atoms with van der Waals surface area (Å²) >= 11 is 1.29. The Bertz CT molecular complexity index is 786. The summed E-state index contributed by atoms with van der Waals surface area (Å²) in [6.45, 7) is 0.802. The topological polar surface area (TPSA) is 110 Å². The smallest absolute Gasteiger partial charge is 0.263 e. The predicted molar refractivity (Wildman–Crippen MR) is 83.9 cm³/mol. The molecule has 2 aromatic rings. The molecule has 1 atom stereocenters. The zero-order valence-corrected chi connectivity index (χ0v) is 14.0. The van der Waals surface area contributed by atoms with Gasteiger partial charge in [-0.2, -0.15) is 4.68 Å². The van der Waals surface area contributed by atoms with E-state index >= 15 is 0 Å². The van der Waals surface area contributed by atoms with Crippen molar-refractivity contribution in [1.29, 1.82) is 0 Å². The summed E-state index contributed by atoms with van der Waals surface area (Å²) in [7, 11) is -3.24. The van der Waals surface area contributed by atoms with Crippen LogP contribution in [0.25, 0.3) is 5.69 Å². The summed E-state index contributed by atoms with van der Waals surface area (Å²) < 4.78 is 26.1. The first-order valence-corrected chi connectivity index (χ1v) is 9.75. The third-order valence-corrected chi connectivity index (χ3v) is 5.81. The Labute approximate surface area is 137 Å². The molecule has 0 aliphatic carbocycles. The number of sulfonamides is 1. The molecule has 3 heterocycles. The van der Waals surface area contributed by atoms with Gasteiger partial charge in [-0.05, 0) is 34.7 Å². The number of rotatable bonds is 4. The van der Waals surface area contributed by atoms with Crippen LogP contribution >= 0.6 is 11.3 Å². The number of tetrazole rings is 1. The summed E-state index contributed by atoms with van der Waals surface area (Å²) in [5.74, 6) is -0.245. The molecule has 1 saturated heterocycles. The minimum absolute atomic E-state index is 0.199. The van der Waals surface area contributed by atoms with E-state index in [2.05, 4.69) is 20.8 Å². The lowest BCUT2D eigenvalue weighted by Gasteiger charge is -2.31. The molecule has 3 rings (SSSR count). The lowest BCUT2D eigenvalue weighted by Crippen LogP contribution is -2.49. The van der Waals surface area contributed by atoms with Gasteiger partial charge in [0.1, 0.15) is 11.2 Å². The molecule has 23 heavy (non-hydrogen) atoms. The minimum atomic E-state index is -3.24. The van der Waals surface area contributed by atoms with Crippen molar-refractivity contribution in [2.75, 3.05) is 19.3 Å². The third kappa shape index (κ3) is 3.57. The van der Waals surface area contributed by atoms with Gasteiger partial charge in [-0.1, -0.05) is 0 Å². The van der Waals surface area contributed by atoms with Gasteiger partial charge in [0.05, 0.1) is 11.9 Å². The quantitative estimate of drug-likeness (QED) is 0.818. The maximum atomic E-state index is 12.5. The van der Waals surface area contributed by atoms with Crippen LogP contribution < -0.4 is 5.32 Å². The number of amides is 1. The average Bonchev–Trinajstić information content (AvgIpc) is 3.17. The Balaban J connectivity index is 1.72. The highest BCUT2D eigenvalue weighted by Gasteiger charge is 2.28. The molecule has 1 aliphatic rings. The van der Waals surface area contributed by atoms with Crippen LogP contribution in [0.5, 0.6) is 0 Å². The van der Waals surface area contributed by atoms with Crippen molar-refractivity contribution >= 4 is 27.3 Å². The van der Waals surface area contributed by atoms with E-state index in [0.717, 1.165) is 12.8 Å². The number of hydrogen-bond donors (Lipinski definition) is 1. The number of nitrogens with one attached hydrogen (secondary N) is 1. The van der Waals surface area contributed by atoms with Crippen LogP contribution in [-0.4, -0.2) is 64.2 Å². The van der Waals surface area contributed by atoms with Crippen molar-refractivity contribution in [3.8, 4) is 5.69 Å². The van der Waals surface area contributed by atoms with E-state index < -0.39 is 10.0 Å². The first-order chi connectivity index (χ1) is 10.9. The molecule has 1 N–H and O–H groups in total. The highest BCUT2D eigenvalue weighted by Crippen LogP contribution is 2.21. The summed E-state index contributed by atoms with van der Waals surface area (Å²) in [5.41, 5.74) is 0.605. The second-order valence-corrected chi connectivity index (χ2v) is 8.22. The summed E-state index contributed by atoms with van der Waals surface area (Å²) in [4.78, 5) is 13.0. The SMILES string of the molecule is CS(=O)(=O)N1CCCC(NC(=O)c2sccc2-n2cnnn2)C1. The highest BCUT2D eigenvalue weighted by molar-refractivity contribution is 7.88. The van der Waals surface area contributed by atoms with Crippen molar-refractivity contribution in [2.24, 2.45) is 0 Å². The van der Waals surface area contributed by atoms with Gasteiger partial charge in [0, 0.05) is 19.1 Å². The maximum Gasteiger partial charge on any atom is 0.263 e. The second kappa shape index (κ2) is 6.34. The number of aromatic nitrogens is 4. The van der Waals surface area contributed by atoms with Crippen LogP contribution in [0, 0.1) is 0 Å². The molecule has 0 aromatic carbocycles. The number of hydrogen-bond acceptors (Lipinski definition) is 7. The predicted octanol–water partition coefficient (Wildman–Crippen LogP) is -0.122. The summed E-state index contributed by atoms with van der Waals surface area (Å²) in [5, 5.41) is 15.6. The van der Waals surface area contributed by atoms with Crippen LogP contribution in [0.2, 0.25) is 0 Å². The summed E-state index contributed by atoms with van der Waals surface area (Å²) in [6.07, 6.45) is 4.09. The van der Waals surface area contributed by atoms with Crippen LogP contribution in [0.1, 0.15) is 22.5 Å². The van der Waals surface area contributed by atoms with E-state index in [4.69, 9.17) is 0 Å². The van der Waals surface area contributed by atoms with Crippen LogP contribution in [0.4, 0.5) is 0 Å². The Kier molecular flexibility index (Phi) is 4.41. The Morgan fingerprint density at radius 3 is 3.00 bits per heavy atom. The Hall–Kier alpha value is -1.85. The zero-order chi connectivity index (χ0) is 16.4. The van der Waals surface area contributed by atoms with Crippen LogP contribution in [-0.2, 0) is 10.0 Å². The van der Waals surface area contributed by atoms with E-state index in [1.54, 1.807) is 11.4 Å². The standard InChI is InChI=1S/C12H16N6O3S2/c1-23(20,21)17-5-2-3-9(7-17)14-12(19)11-10(4-6-22-11)18-8-13-15-16-18/h4,6,8-9H,2-3,5,7H2,1H3,(H,14,19). The highest BCUT2D eigenvalue weighted by atomic mass is 32.2. The first-order valence-electron chi connectivity index (χ1n) is 7.02. The van der Waals surface area contributed by atoms with Crippen LogP contribution in [0.15, 0.2) is 17.8 Å². The number of thiophene rings is 1. The van der Waals surface area contributed by atoms with Gasteiger partial charge in [-0.3, -0.25) is 4.79 Å². The fraction of sp³-hybridized carbons (Fsp3) is 0.500. The molecule has 2 aromatic heterocycles. The molecule has 1 fully saturated rings. The van der Waals surface area contributed by atoms with E-state index in [1.807, 2.05) is 0 Å². The van der Waals surface area contributed by atoms with Crippen molar-refractivity contribution in [1.82, 2.24) is 29.8 Å². The monoisotopic (exact) mass is 356 g/mol. The number of carbonyl (C=O) groups excluding carboxylic acids is 1. The molecule has 0 saturated carbocycles. The van der Waals surface area contributed by atoms with Crippen molar-refractivity contribution in [2.45, 2.75) is 18.9 Å². The molecule has 0 bridgehead atoms. The fourth-order valence-corrected chi connectivity index (χ4v) is 4.23. The molecule has 1 unspecified atom stereocenters. The number of piperidine rings is 1. The molecular weight excluding hydrogens is 340 g/mol. The van der Waals surface area contributed by atoms with Gasteiger partial charge in [0.25, 0.3) is 5.91 Å². The van der Waals surface area contributed by atoms with E-state index in [9.17, 15) is 13.2 Å². The second-order valence-electron chi connectivity index (χ2n) is 5.32. The lowest BCUT2D eigenvalue weighted by molar-refractivity contribution is 0.0925. The Morgan fingerprint density at radius 2 is 2.30 bits per heavy atom. The number of nitrogens with zero attached hydrogens (tertiary/aromatic N) is 5. The van der Waals surface area contributed by atoms with Crippen molar-refractivity contribution < 1.29 is 13.2 Å². The molecule has 0 spiro atoms. The van der Waals surface area contributed by atoms with Gasteiger partial charge in [-0.15, -0.1) is 16.4 Å². The molecule has 11 heteroatoms. The van der Waals surface area contributed by atoms with Gasteiger partial charge >= 0.3 is 0 Å². The third-order valence-electron chi connectivity index (χ3n) is 3.63. The molecule has 9 nitrogen and oxygen atoms in total. The van der Waals surface area contributed by atoms with E-state index in [0.29, 0.717) is 23.7 Å². The maximum absolute atomic E-state index is 12.5. The molecule has 1 aliphatic heterocycles. The molecule has 124 valence electrons. The van der Waals surface area contributed by atoms with Gasteiger partial charge in [0.2, 0.25) is 10.0 Å². The molecular formula is C12H16N6O3S2. The summed E-state index contributed by atoms with van der Waals surface area (Å²) in [6, 6.07) is 1.56. The number of carbonyl (C=O) groups is 1. The van der Waals surface area contributed by atoms with Gasteiger partial charge < -0.3 is 5.32 Å². The lowest BCUT2D eigenvalue weighted by atomic mass is 10.1. The van der Waals surface area contributed by atoms with Crippen molar-refractivity contribution in [3.63, 3.8) is 0 Å². The van der Waals surface area contributed by atoms with Gasteiger partial charge in [-0.25, -0.2) is 12.7 Å². The largest absolute Gasteiger partial charge is 0.347 e.